The number of hydrogen-bond donors (Lipinski definition) is 1. The van der Waals surface area contributed by atoms with E-state index in [-0.39, 0.29) is 0 Å². The Morgan fingerprint density at radius 1 is 1.20 bits per heavy atom. The molecule has 0 aliphatic carbocycles. The van der Waals surface area contributed by atoms with Crippen molar-refractivity contribution in [3.05, 3.63) is 47.7 Å². The highest BCUT2D eigenvalue weighted by Crippen LogP contribution is 2.18. The number of rotatable bonds is 6. The molecule has 0 saturated carbocycles. The van der Waals surface area contributed by atoms with Crippen molar-refractivity contribution in [3.8, 4) is 0 Å². The second kappa shape index (κ2) is 6.89. The van der Waals surface area contributed by atoms with Crippen molar-refractivity contribution in [1.82, 2.24) is 9.97 Å². The summed E-state index contributed by atoms with van der Waals surface area (Å²) < 4.78 is 0. The molecule has 0 atom stereocenters. The molecule has 0 aliphatic heterocycles. The molecule has 20 heavy (non-hydrogen) atoms. The van der Waals surface area contributed by atoms with E-state index in [1.165, 1.54) is 5.56 Å². The number of hydrogen-bond acceptors (Lipinski definition) is 4. The van der Waals surface area contributed by atoms with Crippen molar-refractivity contribution < 1.29 is 0 Å². The molecule has 4 nitrogen and oxygen atoms in total. The quantitative estimate of drug-likeness (QED) is 0.875. The first kappa shape index (κ1) is 14.3. The molecule has 0 unspecified atom stereocenters. The molecule has 0 aliphatic rings. The van der Waals surface area contributed by atoms with Crippen molar-refractivity contribution in [1.29, 1.82) is 0 Å². The van der Waals surface area contributed by atoms with Crippen LogP contribution in [-0.2, 0) is 6.54 Å². The number of benzene rings is 1. The van der Waals surface area contributed by atoms with Gasteiger partial charge in [-0.15, -0.1) is 0 Å². The summed E-state index contributed by atoms with van der Waals surface area (Å²) in [6.45, 7) is 5.90. The third-order valence-electron chi connectivity index (χ3n) is 3.10. The zero-order chi connectivity index (χ0) is 14.4. The highest BCUT2D eigenvalue weighted by molar-refractivity contribution is 5.48. The summed E-state index contributed by atoms with van der Waals surface area (Å²) in [7, 11) is 2.06. The Bertz CT molecular complexity index is 539. The standard InChI is InChI=1S/C16H22N4/c1-4-10-17-16-18-11-13(2)15(19-16)20(3)12-14-8-6-5-7-9-14/h5-9,11H,4,10,12H2,1-3H3,(H,17,18,19). The Balaban J connectivity index is 2.13. The maximum Gasteiger partial charge on any atom is 0.224 e. The molecule has 1 heterocycles. The zero-order valence-corrected chi connectivity index (χ0v) is 12.4. The van der Waals surface area contributed by atoms with Gasteiger partial charge in [0, 0.05) is 31.9 Å². The van der Waals surface area contributed by atoms with Crippen LogP contribution in [0.25, 0.3) is 0 Å². The first-order chi connectivity index (χ1) is 9.70. The van der Waals surface area contributed by atoms with E-state index in [1.54, 1.807) is 0 Å². The van der Waals surface area contributed by atoms with E-state index >= 15 is 0 Å². The van der Waals surface area contributed by atoms with Gasteiger partial charge in [0.2, 0.25) is 5.95 Å². The molecule has 4 heteroatoms. The van der Waals surface area contributed by atoms with Crippen LogP contribution in [0.5, 0.6) is 0 Å². The fraction of sp³-hybridized carbons (Fsp3) is 0.375. The molecule has 0 saturated heterocycles. The van der Waals surface area contributed by atoms with Crippen LogP contribution in [-0.4, -0.2) is 23.6 Å². The SMILES string of the molecule is CCCNc1ncc(C)c(N(C)Cc2ccccc2)n1. The monoisotopic (exact) mass is 270 g/mol. The van der Waals surface area contributed by atoms with Gasteiger partial charge >= 0.3 is 0 Å². The van der Waals surface area contributed by atoms with E-state index in [2.05, 4.69) is 58.4 Å². The second-order valence-electron chi connectivity index (χ2n) is 4.97. The van der Waals surface area contributed by atoms with Crippen molar-refractivity contribution in [2.24, 2.45) is 0 Å². The summed E-state index contributed by atoms with van der Waals surface area (Å²) >= 11 is 0. The molecule has 2 aromatic rings. The fourth-order valence-corrected chi connectivity index (χ4v) is 2.07. The van der Waals surface area contributed by atoms with E-state index in [9.17, 15) is 0 Å². The van der Waals surface area contributed by atoms with Gasteiger partial charge in [-0.05, 0) is 18.9 Å². The van der Waals surface area contributed by atoms with Crippen LogP contribution in [0.2, 0.25) is 0 Å². The number of nitrogens with one attached hydrogen (secondary N) is 1. The second-order valence-corrected chi connectivity index (χ2v) is 4.97. The first-order valence-corrected chi connectivity index (χ1v) is 7.03. The van der Waals surface area contributed by atoms with Crippen LogP contribution < -0.4 is 10.2 Å². The van der Waals surface area contributed by atoms with Crippen LogP contribution in [0.3, 0.4) is 0 Å². The Morgan fingerprint density at radius 2 is 1.95 bits per heavy atom. The minimum Gasteiger partial charge on any atom is -0.355 e. The van der Waals surface area contributed by atoms with Gasteiger partial charge in [0.1, 0.15) is 5.82 Å². The van der Waals surface area contributed by atoms with Crippen molar-refractivity contribution in [2.75, 3.05) is 23.8 Å². The zero-order valence-electron chi connectivity index (χ0n) is 12.4. The number of nitrogens with zero attached hydrogens (tertiary/aromatic N) is 3. The van der Waals surface area contributed by atoms with Gasteiger partial charge in [-0.3, -0.25) is 0 Å². The molecule has 106 valence electrons. The van der Waals surface area contributed by atoms with Crippen LogP contribution >= 0.6 is 0 Å². The minimum absolute atomic E-state index is 0.701. The molecule has 1 aromatic carbocycles. The van der Waals surface area contributed by atoms with Crippen LogP contribution in [0.15, 0.2) is 36.5 Å². The van der Waals surface area contributed by atoms with Gasteiger partial charge in [0.05, 0.1) is 0 Å². The van der Waals surface area contributed by atoms with E-state index in [4.69, 9.17) is 0 Å². The average molecular weight is 270 g/mol. The van der Waals surface area contributed by atoms with Gasteiger partial charge in [0.25, 0.3) is 0 Å². The minimum atomic E-state index is 0.701. The van der Waals surface area contributed by atoms with Crippen molar-refractivity contribution in [2.45, 2.75) is 26.8 Å². The Kier molecular flexibility index (Phi) is 4.93. The molecule has 0 spiro atoms. The maximum atomic E-state index is 4.61. The highest BCUT2D eigenvalue weighted by atomic mass is 15.2. The summed E-state index contributed by atoms with van der Waals surface area (Å²) in [5.41, 5.74) is 2.36. The summed E-state index contributed by atoms with van der Waals surface area (Å²) in [6, 6.07) is 10.4. The predicted molar refractivity (Wildman–Crippen MR) is 84.1 cm³/mol. The third-order valence-corrected chi connectivity index (χ3v) is 3.10. The fourth-order valence-electron chi connectivity index (χ4n) is 2.07. The maximum absolute atomic E-state index is 4.61. The van der Waals surface area contributed by atoms with Crippen LogP contribution in [0.4, 0.5) is 11.8 Å². The summed E-state index contributed by atoms with van der Waals surface area (Å²) in [6.07, 6.45) is 2.94. The Labute approximate surface area is 120 Å². The molecule has 1 N–H and O–H groups in total. The smallest absolute Gasteiger partial charge is 0.224 e. The van der Waals surface area contributed by atoms with Crippen LogP contribution in [0, 0.1) is 6.92 Å². The van der Waals surface area contributed by atoms with Crippen molar-refractivity contribution >= 4 is 11.8 Å². The number of aromatic nitrogens is 2. The lowest BCUT2D eigenvalue weighted by molar-refractivity contribution is 0.876. The Hall–Kier alpha value is -2.10. The summed E-state index contributed by atoms with van der Waals surface area (Å²) in [4.78, 5) is 11.1. The Morgan fingerprint density at radius 3 is 2.65 bits per heavy atom. The first-order valence-electron chi connectivity index (χ1n) is 7.03. The predicted octanol–water partition coefficient (Wildman–Crippen LogP) is 3.24. The molecule has 0 radical (unpaired) electrons. The van der Waals surface area contributed by atoms with Crippen molar-refractivity contribution in [3.63, 3.8) is 0 Å². The average Bonchev–Trinajstić information content (AvgIpc) is 2.47. The van der Waals surface area contributed by atoms with Gasteiger partial charge in [-0.25, -0.2) is 4.98 Å². The van der Waals surface area contributed by atoms with E-state index in [0.717, 1.165) is 30.9 Å². The topological polar surface area (TPSA) is 41.1 Å². The number of aryl methyl sites for hydroxylation is 1. The summed E-state index contributed by atoms with van der Waals surface area (Å²) in [5.74, 6) is 1.68. The van der Waals surface area contributed by atoms with Gasteiger partial charge in [0.15, 0.2) is 0 Å². The lowest BCUT2D eigenvalue weighted by Crippen LogP contribution is -2.20. The molecule has 0 bridgehead atoms. The van der Waals surface area contributed by atoms with Crippen LogP contribution in [0.1, 0.15) is 24.5 Å². The lowest BCUT2D eigenvalue weighted by Gasteiger charge is -2.20. The molecular weight excluding hydrogens is 248 g/mol. The normalized spacial score (nSPS) is 10.3. The van der Waals surface area contributed by atoms with Gasteiger partial charge in [-0.2, -0.15) is 4.98 Å². The summed E-state index contributed by atoms with van der Waals surface area (Å²) in [5, 5.41) is 3.23. The molecule has 0 amide bonds. The molecular formula is C16H22N4. The number of anilines is 2. The highest BCUT2D eigenvalue weighted by Gasteiger charge is 2.09. The lowest BCUT2D eigenvalue weighted by atomic mass is 10.2. The van der Waals surface area contributed by atoms with E-state index < -0.39 is 0 Å². The van der Waals surface area contributed by atoms with Gasteiger partial charge in [-0.1, -0.05) is 37.3 Å². The largest absolute Gasteiger partial charge is 0.355 e. The molecule has 0 fully saturated rings. The third kappa shape index (κ3) is 3.70. The van der Waals surface area contributed by atoms with Gasteiger partial charge < -0.3 is 10.2 Å². The van der Waals surface area contributed by atoms with E-state index in [1.807, 2.05) is 19.2 Å². The van der Waals surface area contributed by atoms with E-state index in [0.29, 0.717) is 5.95 Å². The molecule has 1 aromatic heterocycles. The molecule has 2 rings (SSSR count).